The molecule has 1 fully saturated rings. The minimum absolute atomic E-state index is 0.0816. The second-order valence-electron chi connectivity index (χ2n) is 4.93. The number of alkyl halides is 3. The first kappa shape index (κ1) is 14.8. The van der Waals surface area contributed by atoms with E-state index >= 15 is 0 Å². The van der Waals surface area contributed by atoms with Crippen LogP contribution in [0.3, 0.4) is 0 Å². The lowest BCUT2D eigenvalue weighted by atomic mass is 9.95. The van der Waals surface area contributed by atoms with Gasteiger partial charge in [0.05, 0.1) is 0 Å². The van der Waals surface area contributed by atoms with E-state index in [1.165, 1.54) is 0 Å². The summed E-state index contributed by atoms with van der Waals surface area (Å²) in [5.74, 6) is 0.0887. The van der Waals surface area contributed by atoms with Gasteiger partial charge in [0, 0.05) is 25.8 Å². The smallest absolute Gasteiger partial charge is 0.396 e. The van der Waals surface area contributed by atoms with Crippen LogP contribution in [0.5, 0.6) is 0 Å². The van der Waals surface area contributed by atoms with Crippen molar-refractivity contribution in [2.75, 3.05) is 30.3 Å². The Hall–Kier alpha value is -1.57. The van der Waals surface area contributed by atoms with Gasteiger partial charge in [0.25, 0.3) is 0 Å². The number of rotatable bonds is 3. The summed E-state index contributed by atoms with van der Waals surface area (Å²) in [5.41, 5.74) is 4.34. The van der Waals surface area contributed by atoms with Crippen LogP contribution in [0.2, 0.25) is 0 Å². The van der Waals surface area contributed by atoms with Gasteiger partial charge in [-0.1, -0.05) is 0 Å². The molecular weight excluding hydrogens is 273 g/mol. The molecule has 1 aliphatic rings. The van der Waals surface area contributed by atoms with E-state index in [4.69, 9.17) is 10.8 Å². The zero-order valence-corrected chi connectivity index (χ0v) is 10.9. The largest absolute Gasteiger partial charge is 0.433 e. The number of aliphatic hydroxyl groups excluding tert-OH is 1. The molecule has 1 aliphatic heterocycles. The number of hydrogen-bond donors (Lipinski definition) is 2. The monoisotopic (exact) mass is 290 g/mol. The van der Waals surface area contributed by atoms with Gasteiger partial charge in [0.15, 0.2) is 5.69 Å². The first-order chi connectivity index (χ1) is 9.40. The van der Waals surface area contributed by atoms with Crippen molar-refractivity contribution in [1.29, 1.82) is 0 Å². The minimum atomic E-state index is -4.54. The first-order valence-electron chi connectivity index (χ1n) is 6.47. The molecule has 1 aromatic rings. The molecule has 0 aliphatic carbocycles. The number of nitrogens with zero attached hydrogens (tertiary/aromatic N) is 3. The van der Waals surface area contributed by atoms with Crippen LogP contribution in [0.15, 0.2) is 6.07 Å². The molecule has 3 N–H and O–H groups in total. The van der Waals surface area contributed by atoms with E-state index in [0.29, 0.717) is 19.5 Å². The molecule has 20 heavy (non-hydrogen) atoms. The maximum Gasteiger partial charge on any atom is 0.433 e. The van der Waals surface area contributed by atoms with Gasteiger partial charge >= 0.3 is 6.18 Å². The molecule has 1 atom stereocenters. The van der Waals surface area contributed by atoms with Gasteiger partial charge in [0.2, 0.25) is 5.95 Å². The molecule has 0 saturated carbocycles. The van der Waals surface area contributed by atoms with Crippen molar-refractivity contribution in [3.05, 3.63) is 11.8 Å². The maximum atomic E-state index is 12.7. The zero-order chi connectivity index (χ0) is 14.8. The molecule has 0 amide bonds. The van der Waals surface area contributed by atoms with E-state index in [1.54, 1.807) is 4.90 Å². The van der Waals surface area contributed by atoms with Crippen LogP contribution < -0.4 is 10.6 Å². The van der Waals surface area contributed by atoms with Gasteiger partial charge in [0.1, 0.15) is 5.82 Å². The maximum absolute atomic E-state index is 12.7. The molecular formula is C12H17F3N4O. The van der Waals surface area contributed by atoms with Crippen molar-refractivity contribution in [1.82, 2.24) is 9.97 Å². The van der Waals surface area contributed by atoms with Gasteiger partial charge in [-0.3, -0.25) is 0 Å². The average Bonchev–Trinajstić information content (AvgIpc) is 2.38. The van der Waals surface area contributed by atoms with Gasteiger partial charge < -0.3 is 15.7 Å². The Morgan fingerprint density at radius 2 is 2.15 bits per heavy atom. The van der Waals surface area contributed by atoms with Crippen LogP contribution in [0.4, 0.5) is 24.9 Å². The Kier molecular flexibility index (Phi) is 4.32. The highest BCUT2D eigenvalue weighted by atomic mass is 19.4. The third-order valence-corrected chi connectivity index (χ3v) is 3.40. The molecule has 5 nitrogen and oxygen atoms in total. The van der Waals surface area contributed by atoms with Crippen LogP contribution >= 0.6 is 0 Å². The number of hydrogen-bond acceptors (Lipinski definition) is 5. The van der Waals surface area contributed by atoms with Crippen LogP contribution in [-0.2, 0) is 6.18 Å². The van der Waals surface area contributed by atoms with E-state index in [-0.39, 0.29) is 24.3 Å². The molecule has 2 rings (SSSR count). The van der Waals surface area contributed by atoms with E-state index in [1.807, 2.05) is 0 Å². The fraction of sp³-hybridized carbons (Fsp3) is 0.667. The van der Waals surface area contributed by atoms with Crippen molar-refractivity contribution >= 4 is 11.8 Å². The molecule has 112 valence electrons. The lowest BCUT2D eigenvalue weighted by Gasteiger charge is -2.33. The number of piperidine rings is 1. The predicted molar refractivity (Wildman–Crippen MR) is 68.1 cm³/mol. The van der Waals surface area contributed by atoms with Gasteiger partial charge in [-0.15, -0.1) is 0 Å². The molecule has 1 unspecified atom stereocenters. The Morgan fingerprint density at radius 1 is 1.40 bits per heavy atom. The minimum Gasteiger partial charge on any atom is -0.396 e. The van der Waals surface area contributed by atoms with E-state index in [0.717, 1.165) is 18.9 Å². The standard InChI is InChI=1S/C12H17F3N4O/c13-12(14,15)9-6-10(18-11(16)17-9)19-4-1-2-8(7-19)3-5-20/h6,8,20H,1-5,7H2,(H2,16,17,18). The van der Waals surface area contributed by atoms with Crippen molar-refractivity contribution in [2.45, 2.75) is 25.4 Å². The molecule has 2 heterocycles. The normalized spacial score (nSPS) is 20.2. The molecule has 0 radical (unpaired) electrons. The van der Waals surface area contributed by atoms with E-state index < -0.39 is 11.9 Å². The predicted octanol–water partition coefficient (Wildman–Crippen LogP) is 1.68. The fourth-order valence-corrected chi connectivity index (χ4v) is 2.45. The van der Waals surface area contributed by atoms with Crippen LogP contribution in [-0.4, -0.2) is 34.8 Å². The number of aromatic nitrogens is 2. The van der Waals surface area contributed by atoms with Crippen molar-refractivity contribution in [3.63, 3.8) is 0 Å². The molecule has 8 heteroatoms. The highest BCUT2D eigenvalue weighted by molar-refractivity contribution is 5.44. The SMILES string of the molecule is Nc1nc(N2CCCC(CCO)C2)cc(C(F)(F)F)n1. The highest BCUT2D eigenvalue weighted by Gasteiger charge is 2.34. The van der Waals surface area contributed by atoms with Crippen LogP contribution in [0.25, 0.3) is 0 Å². The molecule has 0 aromatic carbocycles. The summed E-state index contributed by atoms with van der Waals surface area (Å²) < 4.78 is 38.1. The van der Waals surface area contributed by atoms with Crippen LogP contribution in [0, 0.1) is 5.92 Å². The zero-order valence-electron chi connectivity index (χ0n) is 10.9. The quantitative estimate of drug-likeness (QED) is 0.885. The van der Waals surface area contributed by atoms with Gasteiger partial charge in [-0.2, -0.15) is 18.2 Å². The fourth-order valence-electron chi connectivity index (χ4n) is 2.45. The number of aliphatic hydroxyl groups is 1. The van der Waals surface area contributed by atoms with Crippen molar-refractivity contribution in [2.24, 2.45) is 5.92 Å². The highest BCUT2D eigenvalue weighted by Crippen LogP contribution is 2.31. The first-order valence-corrected chi connectivity index (χ1v) is 6.47. The number of nitrogens with two attached hydrogens (primary N) is 1. The lowest BCUT2D eigenvalue weighted by Crippen LogP contribution is -2.36. The number of anilines is 2. The number of halogens is 3. The summed E-state index contributed by atoms with van der Waals surface area (Å²) in [6.07, 6.45) is -2.07. The Labute approximate surface area is 114 Å². The second kappa shape index (κ2) is 5.82. The van der Waals surface area contributed by atoms with Crippen LogP contribution in [0.1, 0.15) is 25.0 Å². The molecule has 1 aromatic heterocycles. The summed E-state index contributed by atoms with van der Waals surface area (Å²) in [5, 5.41) is 8.96. The Balaban J connectivity index is 2.21. The van der Waals surface area contributed by atoms with Crippen molar-refractivity contribution < 1.29 is 18.3 Å². The third kappa shape index (κ3) is 3.50. The summed E-state index contributed by atoms with van der Waals surface area (Å²) >= 11 is 0. The molecule has 0 spiro atoms. The summed E-state index contributed by atoms with van der Waals surface area (Å²) in [6, 6.07) is 0.928. The average molecular weight is 290 g/mol. The topological polar surface area (TPSA) is 75.3 Å². The van der Waals surface area contributed by atoms with E-state index in [9.17, 15) is 13.2 Å². The van der Waals surface area contributed by atoms with E-state index in [2.05, 4.69) is 9.97 Å². The lowest BCUT2D eigenvalue weighted by molar-refractivity contribution is -0.141. The summed E-state index contributed by atoms with van der Waals surface area (Å²) in [7, 11) is 0. The van der Waals surface area contributed by atoms with Crippen molar-refractivity contribution in [3.8, 4) is 0 Å². The Morgan fingerprint density at radius 3 is 2.80 bits per heavy atom. The van der Waals surface area contributed by atoms with Gasteiger partial charge in [-0.05, 0) is 25.2 Å². The summed E-state index contributed by atoms with van der Waals surface area (Å²) in [4.78, 5) is 8.90. The van der Waals surface area contributed by atoms with Gasteiger partial charge in [-0.25, -0.2) is 4.98 Å². The third-order valence-electron chi connectivity index (χ3n) is 3.40. The number of nitrogen functional groups attached to an aromatic ring is 1. The molecule has 1 saturated heterocycles. The second-order valence-corrected chi connectivity index (χ2v) is 4.93. The Bertz CT molecular complexity index is 465. The molecule has 0 bridgehead atoms. The summed E-state index contributed by atoms with van der Waals surface area (Å²) in [6.45, 7) is 1.29.